The zero-order valence-corrected chi connectivity index (χ0v) is 12.7. The molecule has 0 spiro atoms. The molecule has 1 aromatic carbocycles. The second kappa shape index (κ2) is 6.65. The number of anilines is 1. The summed E-state index contributed by atoms with van der Waals surface area (Å²) < 4.78 is 5.34. The predicted molar refractivity (Wildman–Crippen MR) is 87.8 cm³/mol. The number of aromatic nitrogens is 2. The van der Waals surface area contributed by atoms with Gasteiger partial charge in [-0.05, 0) is 18.6 Å². The molecule has 2 heterocycles. The lowest BCUT2D eigenvalue weighted by atomic mass is 10.2. The lowest BCUT2D eigenvalue weighted by Crippen LogP contribution is -2.10. The zero-order valence-electron chi connectivity index (χ0n) is 11.9. The summed E-state index contributed by atoms with van der Waals surface area (Å²) in [6.07, 6.45) is 1.61. The molecule has 1 N–H and O–H groups in total. The van der Waals surface area contributed by atoms with Crippen molar-refractivity contribution >= 4 is 27.4 Å². The fourth-order valence-corrected chi connectivity index (χ4v) is 3.13. The Morgan fingerprint density at radius 2 is 2.05 bits per heavy atom. The molecule has 3 aromatic rings. The van der Waals surface area contributed by atoms with E-state index in [0.29, 0.717) is 6.61 Å². The van der Waals surface area contributed by atoms with E-state index in [1.54, 1.807) is 17.7 Å². The number of benzene rings is 1. The summed E-state index contributed by atoms with van der Waals surface area (Å²) in [5, 5.41) is 4.39. The maximum Gasteiger partial charge on any atom is 0.138 e. The van der Waals surface area contributed by atoms with Crippen LogP contribution in [-0.4, -0.2) is 29.7 Å². The maximum atomic E-state index is 5.34. The predicted octanol–water partition coefficient (Wildman–Crippen LogP) is 3.81. The summed E-state index contributed by atoms with van der Waals surface area (Å²) in [6, 6.07) is 12.5. The van der Waals surface area contributed by atoms with Gasteiger partial charge in [-0.25, -0.2) is 9.97 Å². The van der Waals surface area contributed by atoms with Crippen molar-refractivity contribution in [3.63, 3.8) is 0 Å². The number of hydrogen-bond acceptors (Lipinski definition) is 5. The van der Waals surface area contributed by atoms with E-state index in [0.717, 1.165) is 29.2 Å². The van der Waals surface area contributed by atoms with Crippen molar-refractivity contribution in [3.05, 3.63) is 42.7 Å². The zero-order chi connectivity index (χ0) is 14.5. The molecule has 0 saturated heterocycles. The third-order valence-corrected chi connectivity index (χ3v) is 4.22. The topological polar surface area (TPSA) is 47.0 Å². The van der Waals surface area contributed by atoms with E-state index >= 15 is 0 Å². The van der Waals surface area contributed by atoms with Gasteiger partial charge in [0.15, 0.2) is 0 Å². The first kappa shape index (κ1) is 14.0. The van der Waals surface area contributed by atoms with Crippen LogP contribution in [0.1, 0.15) is 6.92 Å². The smallest absolute Gasteiger partial charge is 0.138 e. The molecule has 108 valence electrons. The summed E-state index contributed by atoms with van der Waals surface area (Å²) in [5.74, 6) is 0.873. The molecule has 21 heavy (non-hydrogen) atoms. The highest BCUT2D eigenvalue weighted by molar-refractivity contribution is 7.21. The molecule has 2 aromatic heterocycles. The highest BCUT2D eigenvalue weighted by Gasteiger charge is 2.09. The number of fused-ring (bicyclic) bond motifs is 1. The molecular weight excluding hydrogens is 282 g/mol. The van der Waals surface area contributed by atoms with Crippen LogP contribution in [0.5, 0.6) is 0 Å². The Bertz CT molecular complexity index is 712. The molecular formula is C16H17N3OS. The number of ether oxygens (including phenoxy) is 1. The van der Waals surface area contributed by atoms with Gasteiger partial charge < -0.3 is 10.1 Å². The van der Waals surface area contributed by atoms with Crippen LogP contribution in [0.2, 0.25) is 0 Å². The second-order valence-electron chi connectivity index (χ2n) is 4.54. The van der Waals surface area contributed by atoms with Crippen LogP contribution in [0, 0.1) is 0 Å². The first-order valence-corrected chi connectivity index (χ1v) is 7.81. The molecule has 4 nitrogen and oxygen atoms in total. The summed E-state index contributed by atoms with van der Waals surface area (Å²) in [6.45, 7) is 4.15. The van der Waals surface area contributed by atoms with Crippen LogP contribution in [0.4, 0.5) is 5.82 Å². The fourth-order valence-electron chi connectivity index (χ4n) is 2.13. The lowest BCUT2D eigenvalue weighted by Gasteiger charge is -2.05. The molecule has 0 unspecified atom stereocenters. The average molecular weight is 299 g/mol. The van der Waals surface area contributed by atoms with Crippen molar-refractivity contribution < 1.29 is 4.74 Å². The van der Waals surface area contributed by atoms with Crippen molar-refractivity contribution in [2.75, 3.05) is 25.1 Å². The van der Waals surface area contributed by atoms with Crippen molar-refractivity contribution in [1.82, 2.24) is 9.97 Å². The van der Waals surface area contributed by atoms with E-state index in [-0.39, 0.29) is 0 Å². The number of nitrogens with zero attached hydrogens (tertiary/aromatic N) is 2. The van der Waals surface area contributed by atoms with E-state index < -0.39 is 0 Å². The van der Waals surface area contributed by atoms with Gasteiger partial charge in [0.25, 0.3) is 0 Å². The summed E-state index contributed by atoms with van der Waals surface area (Å²) in [5.41, 5.74) is 1.21. The van der Waals surface area contributed by atoms with Gasteiger partial charge in [-0.2, -0.15) is 0 Å². The van der Waals surface area contributed by atoms with Crippen LogP contribution in [-0.2, 0) is 4.74 Å². The fraction of sp³-hybridized carbons (Fsp3) is 0.250. The largest absolute Gasteiger partial charge is 0.380 e. The van der Waals surface area contributed by atoms with Crippen molar-refractivity contribution in [1.29, 1.82) is 0 Å². The lowest BCUT2D eigenvalue weighted by molar-refractivity contribution is 0.158. The molecule has 0 aliphatic rings. The van der Waals surface area contributed by atoms with Gasteiger partial charge >= 0.3 is 0 Å². The molecule has 0 fully saturated rings. The highest BCUT2D eigenvalue weighted by Crippen LogP contribution is 2.34. The van der Waals surface area contributed by atoms with Gasteiger partial charge in [0, 0.05) is 18.0 Å². The van der Waals surface area contributed by atoms with Gasteiger partial charge in [0.1, 0.15) is 17.0 Å². The SMILES string of the molecule is CCOCCNc1ncnc2sc(-c3ccccc3)cc12. The van der Waals surface area contributed by atoms with Crippen LogP contribution in [0.25, 0.3) is 20.7 Å². The molecule has 0 saturated carbocycles. The van der Waals surface area contributed by atoms with Crippen LogP contribution in [0.3, 0.4) is 0 Å². The molecule has 5 heteroatoms. The number of thiophene rings is 1. The third kappa shape index (κ3) is 3.20. The minimum Gasteiger partial charge on any atom is -0.380 e. The van der Waals surface area contributed by atoms with Gasteiger partial charge in [-0.1, -0.05) is 30.3 Å². The first-order chi connectivity index (χ1) is 10.4. The van der Waals surface area contributed by atoms with Gasteiger partial charge in [0.05, 0.1) is 12.0 Å². The van der Waals surface area contributed by atoms with E-state index in [2.05, 4.69) is 33.5 Å². The Morgan fingerprint density at radius 1 is 1.19 bits per heavy atom. The summed E-state index contributed by atoms with van der Waals surface area (Å²) >= 11 is 1.69. The highest BCUT2D eigenvalue weighted by atomic mass is 32.1. The average Bonchev–Trinajstić information content (AvgIpc) is 2.97. The van der Waals surface area contributed by atoms with Crippen LogP contribution in [0.15, 0.2) is 42.7 Å². The van der Waals surface area contributed by atoms with E-state index in [4.69, 9.17) is 4.74 Å². The van der Waals surface area contributed by atoms with Crippen molar-refractivity contribution in [2.24, 2.45) is 0 Å². The Labute approximate surface area is 127 Å². The summed E-state index contributed by atoms with van der Waals surface area (Å²) in [4.78, 5) is 10.9. The Morgan fingerprint density at radius 3 is 2.86 bits per heavy atom. The molecule has 0 radical (unpaired) electrons. The molecule has 0 aliphatic heterocycles. The maximum absolute atomic E-state index is 5.34. The minimum absolute atomic E-state index is 0.678. The minimum atomic E-state index is 0.678. The van der Waals surface area contributed by atoms with E-state index in [1.807, 2.05) is 25.1 Å². The van der Waals surface area contributed by atoms with Crippen molar-refractivity contribution in [3.8, 4) is 10.4 Å². The molecule has 0 aliphatic carbocycles. The van der Waals surface area contributed by atoms with Crippen LogP contribution < -0.4 is 5.32 Å². The first-order valence-electron chi connectivity index (χ1n) is 7.00. The van der Waals surface area contributed by atoms with Crippen molar-refractivity contribution in [2.45, 2.75) is 6.92 Å². The standard InChI is InChI=1S/C16H17N3OS/c1-2-20-9-8-17-15-13-10-14(12-6-4-3-5-7-12)21-16(13)19-11-18-15/h3-7,10-11H,2,8-9H2,1H3,(H,17,18,19). The third-order valence-electron chi connectivity index (χ3n) is 3.13. The Kier molecular flexibility index (Phi) is 4.43. The Balaban J connectivity index is 1.87. The summed E-state index contributed by atoms with van der Waals surface area (Å²) in [7, 11) is 0. The van der Waals surface area contributed by atoms with Gasteiger partial charge in [0.2, 0.25) is 0 Å². The number of nitrogens with one attached hydrogen (secondary N) is 1. The van der Waals surface area contributed by atoms with E-state index in [9.17, 15) is 0 Å². The van der Waals surface area contributed by atoms with Gasteiger partial charge in [-0.3, -0.25) is 0 Å². The number of hydrogen-bond donors (Lipinski definition) is 1. The molecule has 0 amide bonds. The quantitative estimate of drug-likeness (QED) is 0.703. The Hall–Kier alpha value is -1.98. The van der Waals surface area contributed by atoms with Gasteiger partial charge in [-0.15, -0.1) is 11.3 Å². The molecule has 0 atom stereocenters. The monoisotopic (exact) mass is 299 g/mol. The molecule has 0 bridgehead atoms. The normalized spacial score (nSPS) is 10.9. The van der Waals surface area contributed by atoms with E-state index in [1.165, 1.54) is 10.4 Å². The second-order valence-corrected chi connectivity index (χ2v) is 5.57. The molecule has 3 rings (SSSR count). The van der Waals surface area contributed by atoms with Crippen LogP contribution >= 0.6 is 11.3 Å². The number of rotatable bonds is 6.